The highest BCUT2D eigenvalue weighted by Crippen LogP contribution is 2.37. The van der Waals surface area contributed by atoms with Crippen LogP contribution >= 0.6 is 22.6 Å². The topological polar surface area (TPSA) is 15.6 Å². The molecule has 26 heavy (non-hydrogen) atoms. The van der Waals surface area contributed by atoms with E-state index in [0.29, 0.717) is 0 Å². The summed E-state index contributed by atoms with van der Waals surface area (Å²) in [6.45, 7) is 2.16. The van der Waals surface area contributed by atoms with Gasteiger partial charge in [-0.15, -0.1) is 0 Å². The van der Waals surface area contributed by atoms with E-state index in [2.05, 4.69) is 70.8 Å². The Hall–Kier alpha value is -2.21. The maximum atomic E-state index is 13.3. The van der Waals surface area contributed by atoms with Gasteiger partial charge in [-0.05, 0) is 77.0 Å². The molecule has 0 radical (unpaired) electrons. The second-order valence-electron chi connectivity index (χ2n) is 6.37. The number of anilines is 1. The largest absolute Gasteiger partial charge is 0.337 e. The molecule has 3 aromatic carbocycles. The van der Waals surface area contributed by atoms with Gasteiger partial charge in [0.1, 0.15) is 12.0 Å². The van der Waals surface area contributed by atoms with Crippen LogP contribution in [0.3, 0.4) is 0 Å². The molecule has 1 aliphatic rings. The van der Waals surface area contributed by atoms with Crippen LogP contribution in [0.1, 0.15) is 24.2 Å². The van der Waals surface area contributed by atoms with Crippen molar-refractivity contribution in [2.24, 2.45) is 4.99 Å². The number of aliphatic imine (C=N–C) groups is 1. The zero-order valence-electron chi connectivity index (χ0n) is 14.3. The van der Waals surface area contributed by atoms with Gasteiger partial charge < -0.3 is 4.90 Å². The van der Waals surface area contributed by atoms with E-state index in [0.717, 1.165) is 22.5 Å². The van der Waals surface area contributed by atoms with Crippen LogP contribution in [-0.2, 0) is 0 Å². The number of nitrogens with zero attached hydrogens (tertiary/aromatic N) is 2. The van der Waals surface area contributed by atoms with Gasteiger partial charge in [0.2, 0.25) is 0 Å². The predicted molar refractivity (Wildman–Crippen MR) is 113 cm³/mol. The molecule has 2 nitrogen and oxygen atoms in total. The van der Waals surface area contributed by atoms with Crippen LogP contribution in [0, 0.1) is 9.39 Å². The predicted octanol–water partition coefficient (Wildman–Crippen LogP) is 5.83. The molecule has 0 N–H and O–H groups in total. The van der Waals surface area contributed by atoms with E-state index >= 15 is 0 Å². The summed E-state index contributed by atoms with van der Waals surface area (Å²) in [5, 5.41) is 0. The van der Waals surface area contributed by atoms with E-state index in [9.17, 15) is 4.39 Å². The Labute approximate surface area is 166 Å². The van der Waals surface area contributed by atoms with Crippen LogP contribution in [0.5, 0.6) is 0 Å². The van der Waals surface area contributed by atoms with Crippen LogP contribution in [0.25, 0.3) is 0 Å². The van der Waals surface area contributed by atoms with E-state index in [4.69, 9.17) is 4.99 Å². The van der Waals surface area contributed by atoms with E-state index < -0.39 is 0 Å². The molecule has 1 heterocycles. The van der Waals surface area contributed by atoms with Gasteiger partial charge in [-0.25, -0.2) is 4.39 Å². The Bertz CT molecular complexity index is 921. The normalized spacial score (nSPS) is 19.5. The van der Waals surface area contributed by atoms with Gasteiger partial charge >= 0.3 is 0 Å². The lowest BCUT2D eigenvalue weighted by Gasteiger charge is -2.30. The zero-order valence-corrected chi connectivity index (χ0v) is 16.5. The Balaban J connectivity index is 1.79. The summed E-state index contributed by atoms with van der Waals surface area (Å²) in [5.41, 5.74) is 4.23. The Morgan fingerprint density at radius 1 is 0.885 bits per heavy atom. The number of rotatable bonds is 3. The maximum absolute atomic E-state index is 13.3. The molecule has 0 amide bonds. The van der Waals surface area contributed by atoms with Crippen molar-refractivity contribution in [2.45, 2.75) is 19.1 Å². The van der Waals surface area contributed by atoms with Crippen LogP contribution in [0.4, 0.5) is 10.1 Å². The fourth-order valence-corrected chi connectivity index (χ4v) is 3.78. The second kappa shape index (κ2) is 7.19. The molecule has 2 unspecified atom stereocenters. The number of benzene rings is 3. The molecule has 0 aromatic heterocycles. The Kier molecular flexibility index (Phi) is 4.76. The van der Waals surface area contributed by atoms with E-state index in [1.807, 2.05) is 30.3 Å². The van der Waals surface area contributed by atoms with Gasteiger partial charge in [-0.3, -0.25) is 4.99 Å². The van der Waals surface area contributed by atoms with Crippen molar-refractivity contribution in [1.29, 1.82) is 0 Å². The first-order valence-electron chi connectivity index (χ1n) is 8.56. The van der Waals surface area contributed by atoms with Gasteiger partial charge in [-0.1, -0.05) is 42.5 Å². The van der Waals surface area contributed by atoms with Gasteiger partial charge in [-0.2, -0.15) is 0 Å². The Morgan fingerprint density at radius 2 is 1.54 bits per heavy atom. The summed E-state index contributed by atoms with van der Waals surface area (Å²) in [4.78, 5) is 7.36. The van der Waals surface area contributed by atoms with Crippen molar-refractivity contribution < 1.29 is 4.39 Å². The molecule has 0 saturated heterocycles. The molecule has 3 aromatic rings. The molecular weight excluding hydrogens is 438 g/mol. The quantitative estimate of drug-likeness (QED) is 0.453. The van der Waals surface area contributed by atoms with Gasteiger partial charge in [0.15, 0.2) is 0 Å². The van der Waals surface area contributed by atoms with Crippen LogP contribution < -0.4 is 4.90 Å². The average molecular weight is 456 g/mol. The monoisotopic (exact) mass is 456 g/mol. The number of hydrogen-bond acceptors (Lipinski definition) is 2. The third-order valence-electron chi connectivity index (χ3n) is 4.70. The summed E-state index contributed by atoms with van der Waals surface area (Å²) in [6.07, 6.45) is -0.0914. The van der Waals surface area contributed by atoms with Gasteiger partial charge in [0.05, 0.1) is 11.8 Å². The van der Waals surface area contributed by atoms with Crippen LogP contribution in [-0.4, -0.2) is 11.8 Å². The van der Waals surface area contributed by atoms with Crippen molar-refractivity contribution in [3.63, 3.8) is 0 Å². The van der Waals surface area contributed by atoms with E-state index in [1.165, 1.54) is 15.7 Å². The van der Waals surface area contributed by atoms with Gasteiger partial charge in [0.25, 0.3) is 0 Å². The highest BCUT2D eigenvalue weighted by Gasteiger charge is 2.35. The molecule has 130 valence electrons. The fourth-order valence-electron chi connectivity index (χ4n) is 3.42. The molecule has 0 saturated carbocycles. The van der Waals surface area contributed by atoms with Crippen molar-refractivity contribution in [3.8, 4) is 0 Å². The standard InChI is InChI=1S/C22H18FIN2/c1-15-21(16-7-9-18(23)10-8-16)25-22(17-5-3-2-4-6-17)26(15)20-13-11-19(24)12-14-20/h2-15,22H,1H3. The SMILES string of the molecule is CC1C(c2ccc(F)cc2)=NC(c2ccccc2)N1c1ccc(I)cc1. The molecule has 4 heteroatoms. The lowest BCUT2D eigenvalue weighted by atomic mass is 10.0. The Morgan fingerprint density at radius 3 is 2.19 bits per heavy atom. The molecule has 2 atom stereocenters. The molecule has 0 aliphatic carbocycles. The zero-order chi connectivity index (χ0) is 18.1. The molecular formula is C22H18FIN2. The lowest BCUT2D eigenvalue weighted by molar-refractivity contribution is 0.627. The maximum Gasteiger partial charge on any atom is 0.148 e. The van der Waals surface area contributed by atoms with Crippen molar-refractivity contribution in [2.75, 3.05) is 4.90 Å². The summed E-state index contributed by atoms with van der Waals surface area (Å²) >= 11 is 2.32. The molecule has 0 fully saturated rings. The molecule has 1 aliphatic heterocycles. The first-order chi connectivity index (χ1) is 12.6. The van der Waals surface area contributed by atoms with Crippen molar-refractivity contribution >= 4 is 34.0 Å². The number of hydrogen-bond donors (Lipinski definition) is 0. The molecule has 4 rings (SSSR count). The minimum Gasteiger partial charge on any atom is -0.337 e. The van der Waals surface area contributed by atoms with Crippen LogP contribution in [0.2, 0.25) is 0 Å². The molecule has 0 bridgehead atoms. The third kappa shape index (κ3) is 3.26. The number of halogens is 2. The minimum atomic E-state index is -0.228. The first-order valence-corrected chi connectivity index (χ1v) is 9.64. The smallest absolute Gasteiger partial charge is 0.148 e. The summed E-state index contributed by atoms with van der Waals surface area (Å²) in [7, 11) is 0. The van der Waals surface area contributed by atoms with E-state index in [1.54, 1.807) is 0 Å². The van der Waals surface area contributed by atoms with Crippen LogP contribution in [0.15, 0.2) is 83.9 Å². The average Bonchev–Trinajstić information content (AvgIpc) is 3.01. The third-order valence-corrected chi connectivity index (χ3v) is 5.42. The fraction of sp³-hybridized carbons (Fsp3) is 0.136. The second-order valence-corrected chi connectivity index (χ2v) is 7.61. The lowest BCUT2D eigenvalue weighted by Crippen LogP contribution is -2.35. The summed E-state index contributed by atoms with van der Waals surface area (Å²) in [6, 6.07) is 25.5. The van der Waals surface area contributed by atoms with Crippen molar-refractivity contribution in [3.05, 3.63) is 99.4 Å². The first kappa shape index (κ1) is 17.2. The van der Waals surface area contributed by atoms with Crippen molar-refractivity contribution in [1.82, 2.24) is 0 Å². The summed E-state index contributed by atoms with van der Waals surface area (Å²) in [5.74, 6) is -0.228. The minimum absolute atomic E-state index is 0.0886. The highest BCUT2D eigenvalue weighted by molar-refractivity contribution is 14.1. The summed E-state index contributed by atoms with van der Waals surface area (Å²) < 4.78 is 14.5. The highest BCUT2D eigenvalue weighted by atomic mass is 127. The van der Waals surface area contributed by atoms with Gasteiger partial charge in [0, 0.05) is 9.26 Å². The van der Waals surface area contributed by atoms with E-state index in [-0.39, 0.29) is 18.0 Å². The molecule has 0 spiro atoms.